The Labute approximate surface area is 243 Å². The van der Waals surface area contributed by atoms with Crippen molar-refractivity contribution in [1.82, 2.24) is 15.2 Å². The van der Waals surface area contributed by atoms with Crippen LogP contribution in [0.25, 0.3) is 0 Å². The third kappa shape index (κ3) is 7.60. The van der Waals surface area contributed by atoms with Gasteiger partial charge in [0.05, 0.1) is 17.2 Å². The molecule has 2 heterocycles. The summed E-state index contributed by atoms with van der Waals surface area (Å²) in [4.78, 5) is 31.8. The molecule has 0 spiro atoms. The first-order valence-electron chi connectivity index (χ1n) is 14.3. The third-order valence-corrected chi connectivity index (χ3v) is 7.79. The first-order chi connectivity index (χ1) is 20.1. The molecule has 5 rings (SSSR count). The van der Waals surface area contributed by atoms with E-state index in [1.54, 1.807) is 17.0 Å². The smallest absolute Gasteiger partial charge is 0.416 e. The summed E-state index contributed by atoms with van der Waals surface area (Å²) in [6, 6.07) is 15.8. The van der Waals surface area contributed by atoms with Gasteiger partial charge in [-0.05, 0) is 81.1 Å². The Bertz CT molecular complexity index is 1350. The van der Waals surface area contributed by atoms with Crippen molar-refractivity contribution in [3.63, 3.8) is 0 Å². The number of rotatable bonds is 7. The van der Waals surface area contributed by atoms with Gasteiger partial charge in [-0.15, -0.1) is 0 Å². The molecule has 1 aliphatic carbocycles. The summed E-state index contributed by atoms with van der Waals surface area (Å²) in [6.07, 6.45) is 1.17. The van der Waals surface area contributed by atoms with Gasteiger partial charge in [0.2, 0.25) is 0 Å². The maximum absolute atomic E-state index is 13.0. The van der Waals surface area contributed by atoms with Crippen LogP contribution in [0, 0.1) is 6.92 Å². The number of halogens is 3. The molecule has 0 atom stereocenters. The van der Waals surface area contributed by atoms with Crippen LogP contribution >= 0.6 is 0 Å². The molecule has 0 bridgehead atoms. The predicted molar refractivity (Wildman–Crippen MR) is 151 cm³/mol. The van der Waals surface area contributed by atoms with Crippen LogP contribution in [0.15, 0.2) is 66.9 Å². The second-order valence-corrected chi connectivity index (χ2v) is 10.9. The minimum Gasteiger partial charge on any atom is -0.490 e. The summed E-state index contributed by atoms with van der Waals surface area (Å²) in [5.41, 5.74) is 1.14. The first kappa shape index (κ1) is 29.4. The van der Waals surface area contributed by atoms with E-state index >= 15 is 0 Å². The van der Waals surface area contributed by atoms with Gasteiger partial charge in [0, 0.05) is 38.2 Å². The van der Waals surface area contributed by atoms with E-state index in [0.717, 1.165) is 30.7 Å². The van der Waals surface area contributed by atoms with E-state index in [1.165, 1.54) is 23.9 Å². The normalized spacial score (nSPS) is 19.7. The number of ether oxygens (including phenoxy) is 2. The second kappa shape index (κ2) is 12.8. The molecule has 1 aliphatic heterocycles. The van der Waals surface area contributed by atoms with Crippen LogP contribution in [0.1, 0.15) is 70.5 Å². The van der Waals surface area contributed by atoms with E-state index in [1.807, 2.05) is 31.2 Å². The number of hydrogen-bond donors (Lipinski definition) is 1. The molecule has 2 fully saturated rings. The number of pyridine rings is 1. The SMILES string of the molecule is Cc1ccc(OC2CCN(C(=O)c3ccc(C(=O)N[C@H]4CC[C@@H](Oc5ccc(C(F)(F)F)cc5)CC4)nc3)CC2)cc1. The van der Waals surface area contributed by atoms with Gasteiger partial charge in [0.1, 0.15) is 23.3 Å². The van der Waals surface area contributed by atoms with Crippen molar-refractivity contribution >= 4 is 11.8 Å². The average molecular weight is 582 g/mol. The zero-order valence-electron chi connectivity index (χ0n) is 23.4. The molecule has 2 aromatic carbocycles. The maximum Gasteiger partial charge on any atom is 0.416 e. The quantitative estimate of drug-likeness (QED) is 0.359. The number of likely N-dealkylation sites (tertiary alicyclic amines) is 1. The average Bonchev–Trinajstić information content (AvgIpc) is 2.99. The number of hydrogen-bond acceptors (Lipinski definition) is 5. The van der Waals surface area contributed by atoms with Crippen molar-refractivity contribution in [1.29, 1.82) is 0 Å². The molecule has 3 aromatic rings. The number of carbonyl (C=O) groups excluding carboxylic acids is 2. The van der Waals surface area contributed by atoms with Gasteiger partial charge < -0.3 is 19.7 Å². The molecule has 7 nitrogen and oxygen atoms in total. The number of piperidine rings is 1. The highest BCUT2D eigenvalue weighted by Crippen LogP contribution is 2.31. The Morgan fingerprint density at radius 1 is 0.810 bits per heavy atom. The van der Waals surface area contributed by atoms with Crippen LogP contribution in [0.5, 0.6) is 11.5 Å². The maximum atomic E-state index is 13.0. The number of aromatic nitrogens is 1. The fraction of sp³-hybridized carbons (Fsp3) is 0.406. The number of carbonyl (C=O) groups is 2. The highest BCUT2D eigenvalue weighted by atomic mass is 19.4. The largest absolute Gasteiger partial charge is 0.490 e. The molecule has 1 N–H and O–H groups in total. The number of benzene rings is 2. The molecule has 0 radical (unpaired) electrons. The van der Waals surface area contributed by atoms with Crippen LogP contribution < -0.4 is 14.8 Å². The van der Waals surface area contributed by atoms with Crippen LogP contribution in [-0.2, 0) is 6.18 Å². The summed E-state index contributed by atoms with van der Waals surface area (Å²) < 4.78 is 50.2. The number of nitrogens with zero attached hydrogens (tertiary/aromatic N) is 2. The minimum absolute atomic E-state index is 0.0588. The van der Waals surface area contributed by atoms with E-state index in [4.69, 9.17) is 9.47 Å². The summed E-state index contributed by atoms with van der Waals surface area (Å²) in [5.74, 6) is 0.807. The Kier molecular flexibility index (Phi) is 8.99. The lowest BCUT2D eigenvalue weighted by molar-refractivity contribution is -0.137. The summed E-state index contributed by atoms with van der Waals surface area (Å²) in [6.45, 7) is 3.20. The highest BCUT2D eigenvalue weighted by molar-refractivity contribution is 5.96. The molecule has 1 saturated carbocycles. The number of amides is 2. The zero-order valence-corrected chi connectivity index (χ0v) is 23.4. The molecule has 1 saturated heterocycles. The van der Waals surface area contributed by atoms with Crippen LogP contribution in [-0.4, -0.2) is 53.0 Å². The van der Waals surface area contributed by atoms with Gasteiger partial charge in [-0.3, -0.25) is 14.6 Å². The lowest BCUT2D eigenvalue weighted by Gasteiger charge is -2.32. The number of aryl methyl sites for hydroxylation is 1. The van der Waals surface area contributed by atoms with Crippen LogP contribution in [0.3, 0.4) is 0 Å². The van der Waals surface area contributed by atoms with Gasteiger partial charge in [0.25, 0.3) is 11.8 Å². The molecule has 222 valence electrons. The van der Waals surface area contributed by atoms with Crippen molar-refractivity contribution in [2.24, 2.45) is 0 Å². The Hall–Kier alpha value is -4.08. The fourth-order valence-corrected chi connectivity index (χ4v) is 5.32. The van der Waals surface area contributed by atoms with E-state index in [9.17, 15) is 22.8 Å². The zero-order chi connectivity index (χ0) is 29.7. The minimum atomic E-state index is -4.38. The van der Waals surface area contributed by atoms with Crippen molar-refractivity contribution in [2.75, 3.05) is 13.1 Å². The van der Waals surface area contributed by atoms with Crippen LogP contribution in [0.2, 0.25) is 0 Å². The summed E-state index contributed by atoms with van der Waals surface area (Å²) >= 11 is 0. The fourth-order valence-electron chi connectivity index (χ4n) is 5.32. The Morgan fingerprint density at radius 2 is 1.38 bits per heavy atom. The lowest BCUT2D eigenvalue weighted by atomic mass is 9.92. The van der Waals surface area contributed by atoms with Gasteiger partial charge in [-0.2, -0.15) is 13.2 Å². The van der Waals surface area contributed by atoms with Crippen molar-refractivity contribution in [2.45, 2.75) is 69.9 Å². The topological polar surface area (TPSA) is 80.8 Å². The number of nitrogens with one attached hydrogen (secondary N) is 1. The van der Waals surface area contributed by atoms with Crippen LogP contribution in [0.4, 0.5) is 13.2 Å². The molecule has 42 heavy (non-hydrogen) atoms. The highest BCUT2D eigenvalue weighted by Gasteiger charge is 2.31. The molecular formula is C32H34F3N3O4. The first-order valence-corrected chi connectivity index (χ1v) is 14.3. The van der Waals surface area contributed by atoms with Gasteiger partial charge in [0.15, 0.2) is 0 Å². The standard InChI is InChI=1S/C32H34F3N3O4/c1-21-2-9-25(10-3-21)42-28-16-18-38(19-17-28)31(40)22-4-15-29(36-20-22)30(39)37-24-7-13-27(14-8-24)41-26-11-5-23(6-12-26)32(33,34)35/h2-6,9-12,15,20,24,27-28H,7-8,13-14,16-19H2,1H3,(H,37,39)/t24-,27+. The Morgan fingerprint density at radius 3 is 1.93 bits per heavy atom. The van der Waals surface area contributed by atoms with Crippen molar-refractivity contribution < 1.29 is 32.2 Å². The number of alkyl halides is 3. The van der Waals surface area contributed by atoms with Crippen molar-refractivity contribution in [3.8, 4) is 11.5 Å². The Balaban J connectivity index is 1.04. The second-order valence-electron chi connectivity index (χ2n) is 10.9. The molecule has 2 aliphatic rings. The third-order valence-electron chi connectivity index (χ3n) is 7.79. The molecular weight excluding hydrogens is 547 g/mol. The van der Waals surface area contributed by atoms with E-state index in [2.05, 4.69) is 10.3 Å². The predicted octanol–water partition coefficient (Wildman–Crippen LogP) is 6.21. The molecule has 10 heteroatoms. The van der Waals surface area contributed by atoms with E-state index in [0.29, 0.717) is 50.1 Å². The van der Waals surface area contributed by atoms with Gasteiger partial charge in [-0.25, -0.2) is 0 Å². The van der Waals surface area contributed by atoms with E-state index < -0.39 is 11.7 Å². The summed E-state index contributed by atoms with van der Waals surface area (Å²) in [7, 11) is 0. The molecule has 0 unspecified atom stereocenters. The van der Waals surface area contributed by atoms with E-state index in [-0.39, 0.29) is 35.8 Å². The molecule has 2 amide bonds. The monoisotopic (exact) mass is 581 g/mol. The van der Waals surface area contributed by atoms with Gasteiger partial charge in [-0.1, -0.05) is 17.7 Å². The molecule has 1 aromatic heterocycles. The lowest BCUT2D eigenvalue weighted by Crippen LogP contribution is -2.42. The van der Waals surface area contributed by atoms with Crippen molar-refractivity contribution in [3.05, 3.63) is 89.2 Å². The van der Waals surface area contributed by atoms with Gasteiger partial charge >= 0.3 is 6.18 Å². The summed E-state index contributed by atoms with van der Waals surface area (Å²) in [5, 5.41) is 2.99.